The third kappa shape index (κ3) is 3.41. The lowest BCUT2D eigenvalue weighted by Crippen LogP contribution is -2.36. The second-order valence-corrected chi connectivity index (χ2v) is 7.48. The maximum absolute atomic E-state index is 13.1. The van der Waals surface area contributed by atoms with Crippen molar-refractivity contribution in [2.45, 2.75) is 39.8 Å². The van der Waals surface area contributed by atoms with Crippen LogP contribution in [-0.4, -0.2) is 43.8 Å². The van der Waals surface area contributed by atoms with Crippen molar-refractivity contribution in [2.75, 3.05) is 13.7 Å². The van der Waals surface area contributed by atoms with Crippen LogP contribution in [-0.2, 0) is 26.6 Å². The first-order chi connectivity index (χ1) is 14.0. The molecule has 3 heterocycles. The van der Waals surface area contributed by atoms with Gasteiger partial charge in [-0.05, 0) is 31.5 Å². The van der Waals surface area contributed by atoms with Gasteiger partial charge in [0.2, 0.25) is 0 Å². The molecule has 0 atom stereocenters. The van der Waals surface area contributed by atoms with Gasteiger partial charge in [0, 0.05) is 55.3 Å². The maximum atomic E-state index is 13.1. The summed E-state index contributed by atoms with van der Waals surface area (Å²) in [5, 5.41) is 4.79. The van der Waals surface area contributed by atoms with Crippen molar-refractivity contribution in [1.29, 1.82) is 0 Å². The Morgan fingerprint density at radius 3 is 2.90 bits per heavy atom. The minimum absolute atomic E-state index is 0.0115. The van der Waals surface area contributed by atoms with E-state index in [0.29, 0.717) is 24.4 Å². The molecule has 0 saturated carbocycles. The molecule has 0 fully saturated rings. The Morgan fingerprint density at radius 2 is 2.14 bits per heavy atom. The fourth-order valence-electron chi connectivity index (χ4n) is 4.04. The lowest BCUT2D eigenvalue weighted by atomic mass is 10.0. The molecule has 2 aromatic heterocycles. The van der Waals surface area contributed by atoms with E-state index in [1.54, 1.807) is 13.2 Å². The third-order valence-electron chi connectivity index (χ3n) is 5.56. The molecule has 1 aromatic carbocycles. The first-order valence-electron chi connectivity index (χ1n) is 10.0. The van der Waals surface area contributed by atoms with Gasteiger partial charge < -0.3 is 14.2 Å². The summed E-state index contributed by atoms with van der Waals surface area (Å²) < 4.78 is 9.43. The summed E-state index contributed by atoms with van der Waals surface area (Å²) in [6.07, 6.45) is 3.70. The average Bonchev–Trinajstić information content (AvgIpc) is 3.27. The fourth-order valence-corrected chi connectivity index (χ4v) is 4.04. The molecular formula is C22H27N5O2. The Morgan fingerprint density at radius 1 is 1.31 bits per heavy atom. The Kier molecular flexibility index (Phi) is 5.13. The number of amides is 1. The van der Waals surface area contributed by atoms with Gasteiger partial charge in [-0.25, -0.2) is 4.98 Å². The van der Waals surface area contributed by atoms with E-state index < -0.39 is 0 Å². The van der Waals surface area contributed by atoms with E-state index in [0.717, 1.165) is 42.2 Å². The van der Waals surface area contributed by atoms with Crippen molar-refractivity contribution < 1.29 is 9.53 Å². The number of carbonyl (C=O) groups excluding carboxylic acids is 1. The number of methoxy groups -OCH3 is 1. The summed E-state index contributed by atoms with van der Waals surface area (Å²) in [7, 11) is 3.58. The first kappa shape index (κ1) is 19.2. The quantitative estimate of drug-likeness (QED) is 0.668. The number of rotatable bonds is 5. The second kappa shape index (κ2) is 7.73. The molecule has 0 radical (unpaired) electrons. The molecule has 1 aliphatic rings. The molecule has 0 aliphatic carbocycles. The second-order valence-electron chi connectivity index (χ2n) is 7.48. The Bertz CT molecular complexity index is 1050. The highest BCUT2D eigenvalue weighted by molar-refractivity contribution is 5.94. The van der Waals surface area contributed by atoms with E-state index in [-0.39, 0.29) is 5.91 Å². The normalized spacial score (nSPS) is 13.4. The largest absolute Gasteiger partial charge is 0.497 e. The van der Waals surface area contributed by atoms with Gasteiger partial charge in [-0.15, -0.1) is 0 Å². The molecule has 29 heavy (non-hydrogen) atoms. The summed E-state index contributed by atoms with van der Waals surface area (Å²) in [4.78, 5) is 19.7. The van der Waals surface area contributed by atoms with Crippen molar-refractivity contribution >= 4 is 5.91 Å². The monoisotopic (exact) mass is 393 g/mol. The standard InChI is InChI=1S/C22H27N5O2/c1-5-10-27-15(2)13-23-21(27)20-18-14-26(11-9-19(18)25(3)24-20)22(28)16-7-6-8-17(12-16)29-4/h6-8,12-13H,5,9-11,14H2,1-4H3. The van der Waals surface area contributed by atoms with Crippen LogP contribution in [0.2, 0.25) is 0 Å². The van der Waals surface area contributed by atoms with Gasteiger partial charge in [0.05, 0.1) is 13.7 Å². The lowest BCUT2D eigenvalue weighted by molar-refractivity contribution is 0.0733. The molecule has 3 aromatic rings. The first-order valence-corrected chi connectivity index (χ1v) is 10.0. The number of hydrogen-bond donors (Lipinski definition) is 0. The van der Waals surface area contributed by atoms with Crippen molar-refractivity contribution in [3.63, 3.8) is 0 Å². The SMILES string of the molecule is CCCn1c(C)cnc1-c1nn(C)c2c1CN(C(=O)c1cccc(OC)c1)CC2. The Balaban J connectivity index is 1.68. The van der Waals surface area contributed by atoms with E-state index in [9.17, 15) is 4.79 Å². The molecule has 152 valence electrons. The van der Waals surface area contributed by atoms with Gasteiger partial charge in [-0.1, -0.05) is 13.0 Å². The summed E-state index contributed by atoms with van der Waals surface area (Å²) in [5.41, 5.74) is 4.92. The molecule has 7 nitrogen and oxygen atoms in total. The number of benzene rings is 1. The summed E-state index contributed by atoms with van der Waals surface area (Å²) >= 11 is 0. The van der Waals surface area contributed by atoms with Crippen LogP contribution in [0.1, 0.15) is 40.7 Å². The molecule has 0 saturated heterocycles. The molecule has 0 spiro atoms. The van der Waals surface area contributed by atoms with Crippen LogP contribution in [0.3, 0.4) is 0 Å². The van der Waals surface area contributed by atoms with E-state index in [4.69, 9.17) is 9.84 Å². The number of aromatic nitrogens is 4. The zero-order valence-corrected chi connectivity index (χ0v) is 17.5. The van der Waals surface area contributed by atoms with Crippen LogP contribution >= 0.6 is 0 Å². The van der Waals surface area contributed by atoms with Crippen molar-refractivity contribution in [3.05, 3.63) is 53.0 Å². The number of carbonyl (C=O) groups is 1. The third-order valence-corrected chi connectivity index (χ3v) is 5.56. The highest BCUT2D eigenvalue weighted by Gasteiger charge is 2.29. The van der Waals surface area contributed by atoms with Gasteiger partial charge in [-0.2, -0.15) is 5.10 Å². The molecule has 0 bridgehead atoms. The van der Waals surface area contributed by atoms with Gasteiger partial charge in [0.1, 0.15) is 11.4 Å². The van der Waals surface area contributed by atoms with Crippen LogP contribution in [0, 0.1) is 6.92 Å². The van der Waals surface area contributed by atoms with Gasteiger partial charge in [0.15, 0.2) is 5.82 Å². The zero-order chi connectivity index (χ0) is 20.5. The molecule has 7 heteroatoms. The minimum Gasteiger partial charge on any atom is -0.497 e. The van der Waals surface area contributed by atoms with Crippen LogP contribution in [0.4, 0.5) is 0 Å². The van der Waals surface area contributed by atoms with Gasteiger partial charge >= 0.3 is 0 Å². The van der Waals surface area contributed by atoms with Gasteiger partial charge in [-0.3, -0.25) is 9.48 Å². The molecular weight excluding hydrogens is 366 g/mol. The lowest BCUT2D eigenvalue weighted by Gasteiger charge is -2.28. The number of ether oxygens (including phenoxy) is 1. The van der Waals surface area contributed by atoms with E-state index >= 15 is 0 Å². The van der Waals surface area contributed by atoms with Crippen molar-refractivity contribution in [3.8, 4) is 17.3 Å². The van der Waals surface area contributed by atoms with Crippen molar-refractivity contribution in [2.24, 2.45) is 7.05 Å². The smallest absolute Gasteiger partial charge is 0.254 e. The number of nitrogens with zero attached hydrogens (tertiary/aromatic N) is 5. The Labute approximate surface area is 170 Å². The van der Waals surface area contributed by atoms with Crippen LogP contribution in [0.15, 0.2) is 30.5 Å². The molecule has 4 rings (SSSR count). The molecule has 0 N–H and O–H groups in total. The highest BCUT2D eigenvalue weighted by atomic mass is 16.5. The summed E-state index contributed by atoms with van der Waals surface area (Å²) in [6, 6.07) is 7.32. The zero-order valence-electron chi connectivity index (χ0n) is 17.5. The summed E-state index contributed by atoms with van der Waals surface area (Å²) in [6.45, 7) is 6.34. The van der Waals surface area contributed by atoms with Crippen molar-refractivity contribution in [1.82, 2.24) is 24.2 Å². The topological polar surface area (TPSA) is 65.2 Å². The molecule has 0 unspecified atom stereocenters. The number of imidazole rings is 1. The van der Waals surface area contributed by atoms with E-state index in [1.807, 2.05) is 41.0 Å². The minimum atomic E-state index is 0.0115. The fraction of sp³-hybridized carbons (Fsp3) is 0.409. The number of hydrogen-bond acceptors (Lipinski definition) is 4. The van der Waals surface area contributed by atoms with Crippen LogP contribution < -0.4 is 4.74 Å². The summed E-state index contributed by atoms with van der Waals surface area (Å²) in [5.74, 6) is 1.59. The molecule has 1 aliphatic heterocycles. The Hall–Kier alpha value is -3.09. The average molecular weight is 393 g/mol. The molecule has 1 amide bonds. The predicted molar refractivity (Wildman–Crippen MR) is 111 cm³/mol. The van der Waals surface area contributed by atoms with Gasteiger partial charge in [0.25, 0.3) is 5.91 Å². The number of fused-ring (bicyclic) bond motifs is 1. The maximum Gasteiger partial charge on any atom is 0.254 e. The number of aryl methyl sites for hydroxylation is 2. The van der Waals surface area contributed by atoms with Crippen LogP contribution in [0.25, 0.3) is 11.5 Å². The predicted octanol–water partition coefficient (Wildman–Crippen LogP) is 3.21. The van der Waals surface area contributed by atoms with E-state index in [2.05, 4.69) is 23.4 Å². The highest BCUT2D eigenvalue weighted by Crippen LogP contribution is 2.30. The van der Waals surface area contributed by atoms with E-state index in [1.165, 1.54) is 5.69 Å². The van der Waals surface area contributed by atoms with Crippen LogP contribution in [0.5, 0.6) is 5.75 Å².